The molecule has 2 saturated heterocycles. The van der Waals surface area contributed by atoms with Crippen molar-refractivity contribution in [2.24, 2.45) is 5.92 Å². The van der Waals surface area contributed by atoms with Gasteiger partial charge in [-0.3, -0.25) is 9.59 Å². The zero-order valence-corrected chi connectivity index (χ0v) is 11.3. The van der Waals surface area contributed by atoms with Gasteiger partial charge in [0.05, 0.1) is 13.2 Å². The first-order chi connectivity index (χ1) is 9.27. The van der Waals surface area contributed by atoms with Gasteiger partial charge < -0.3 is 20.3 Å². The number of carbonyl (C=O) groups is 2. The highest BCUT2D eigenvalue weighted by Gasteiger charge is 2.21. The number of hydrogen-bond donors (Lipinski definition) is 2. The van der Waals surface area contributed by atoms with Crippen molar-refractivity contribution >= 4 is 11.8 Å². The standard InChI is InChI=1S/C13H23N3O3/c17-12(16-7-9-19-10-8-16)3-6-15-13(18)11-1-4-14-5-2-11/h11,14H,1-10H2,(H,15,18). The van der Waals surface area contributed by atoms with E-state index in [1.165, 1.54) is 0 Å². The number of nitrogens with zero attached hydrogens (tertiary/aromatic N) is 1. The minimum atomic E-state index is 0.0938. The fourth-order valence-corrected chi connectivity index (χ4v) is 2.49. The summed E-state index contributed by atoms with van der Waals surface area (Å²) in [5.74, 6) is 0.310. The minimum absolute atomic E-state index is 0.0938. The van der Waals surface area contributed by atoms with E-state index in [-0.39, 0.29) is 17.7 Å². The number of carbonyl (C=O) groups excluding carboxylic acids is 2. The molecule has 0 atom stereocenters. The lowest BCUT2D eigenvalue weighted by atomic mass is 9.97. The quantitative estimate of drug-likeness (QED) is 0.711. The Labute approximate surface area is 113 Å². The van der Waals surface area contributed by atoms with Gasteiger partial charge in [0.2, 0.25) is 11.8 Å². The van der Waals surface area contributed by atoms with Gasteiger partial charge in [0.15, 0.2) is 0 Å². The molecule has 2 heterocycles. The molecule has 0 aromatic carbocycles. The second-order valence-corrected chi connectivity index (χ2v) is 5.06. The first-order valence-electron chi connectivity index (χ1n) is 7.11. The van der Waals surface area contributed by atoms with Gasteiger partial charge in [-0.05, 0) is 25.9 Å². The van der Waals surface area contributed by atoms with Crippen molar-refractivity contribution in [3.63, 3.8) is 0 Å². The van der Waals surface area contributed by atoms with Crippen molar-refractivity contribution in [3.8, 4) is 0 Å². The predicted molar refractivity (Wildman–Crippen MR) is 70.6 cm³/mol. The third kappa shape index (κ3) is 4.47. The molecule has 0 saturated carbocycles. The molecule has 2 rings (SSSR count). The second-order valence-electron chi connectivity index (χ2n) is 5.06. The maximum atomic E-state index is 11.9. The van der Waals surface area contributed by atoms with Crippen LogP contribution in [0.4, 0.5) is 0 Å². The molecule has 2 aliphatic heterocycles. The van der Waals surface area contributed by atoms with E-state index in [0.29, 0.717) is 39.3 Å². The van der Waals surface area contributed by atoms with Gasteiger partial charge in [0.1, 0.15) is 0 Å². The van der Waals surface area contributed by atoms with E-state index in [1.54, 1.807) is 4.90 Å². The van der Waals surface area contributed by atoms with Crippen molar-refractivity contribution < 1.29 is 14.3 Å². The van der Waals surface area contributed by atoms with E-state index in [0.717, 1.165) is 25.9 Å². The summed E-state index contributed by atoms with van der Waals surface area (Å²) in [6.07, 6.45) is 2.17. The van der Waals surface area contributed by atoms with Crippen LogP contribution in [0.5, 0.6) is 0 Å². The molecule has 0 aromatic rings. The molecule has 0 aromatic heterocycles. The maximum absolute atomic E-state index is 11.9. The zero-order valence-electron chi connectivity index (χ0n) is 11.3. The van der Waals surface area contributed by atoms with Gasteiger partial charge in [0, 0.05) is 32.0 Å². The topological polar surface area (TPSA) is 70.7 Å². The van der Waals surface area contributed by atoms with Crippen LogP contribution in [0.1, 0.15) is 19.3 Å². The SMILES string of the molecule is O=C(NCCC(=O)N1CCOCC1)C1CCNCC1. The Bertz CT molecular complexity index is 280. The molecule has 0 radical (unpaired) electrons. The predicted octanol–water partition coefficient (Wildman–Crippen LogP) is -0.649. The van der Waals surface area contributed by atoms with Crippen LogP contribution in [0, 0.1) is 5.92 Å². The van der Waals surface area contributed by atoms with Crippen molar-refractivity contribution in [1.82, 2.24) is 15.5 Å². The highest BCUT2D eigenvalue weighted by atomic mass is 16.5. The first-order valence-corrected chi connectivity index (χ1v) is 7.11. The molecule has 2 fully saturated rings. The molecular weight excluding hydrogens is 246 g/mol. The Morgan fingerprint density at radius 3 is 2.58 bits per heavy atom. The van der Waals surface area contributed by atoms with Gasteiger partial charge in [-0.25, -0.2) is 0 Å². The summed E-state index contributed by atoms with van der Waals surface area (Å²) in [5, 5.41) is 6.11. The van der Waals surface area contributed by atoms with Gasteiger partial charge in [-0.15, -0.1) is 0 Å². The lowest BCUT2D eigenvalue weighted by Crippen LogP contribution is -2.43. The number of piperidine rings is 1. The Morgan fingerprint density at radius 1 is 1.21 bits per heavy atom. The Hall–Kier alpha value is -1.14. The van der Waals surface area contributed by atoms with Crippen LogP contribution in [-0.4, -0.2) is 62.7 Å². The minimum Gasteiger partial charge on any atom is -0.378 e. The summed E-state index contributed by atoms with van der Waals surface area (Å²) in [6.45, 7) is 4.83. The van der Waals surface area contributed by atoms with Crippen LogP contribution in [0.2, 0.25) is 0 Å². The molecule has 6 heteroatoms. The van der Waals surface area contributed by atoms with Gasteiger partial charge in [-0.2, -0.15) is 0 Å². The molecule has 0 spiro atoms. The Morgan fingerprint density at radius 2 is 1.89 bits per heavy atom. The normalized spacial score (nSPS) is 21.2. The number of hydrogen-bond acceptors (Lipinski definition) is 4. The molecule has 108 valence electrons. The van der Waals surface area contributed by atoms with Crippen LogP contribution < -0.4 is 10.6 Å². The number of ether oxygens (including phenoxy) is 1. The smallest absolute Gasteiger partial charge is 0.224 e. The highest BCUT2D eigenvalue weighted by molar-refractivity contribution is 5.80. The lowest BCUT2D eigenvalue weighted by molar-refractivity contribution is -0.135. The average molecular weight is 269 g/mol. The molecule has 6 nitrogen and oxygen atoms in total. The van der Waals surface area contributed by atoms with E-state index >= 15 is 0 Å². The molecule has 19 heavy (non-hydrogen) atoms. The molecular formula is C13H23N3O3. The average Bonchev–Trinajstić information content (AvgIpc) is 2.49. The van der Waals surface area contributed by atoms with Crippen molar-refractivity contribution in [2.75, 3.05) is 45.9 Å². The van der Waals surface area contributed by atoms with Gasteiger partial charge in [0.25, 0.3) is 0 Å². The summed E-state index contributed by atoms with van der Waals surface area (Å²) in [4.78, 5) is 25.5. The van der Waals surface area contributed by atoms with Crippen LogP contribution >= 0.6 is 0 Å². The van der Waals surface area contributed by atoms with E-state index < -0.39 is 0 Å². The van der Waals surface area contributed by atoms with Crippen LogP contribution in [-0.2, 0) is 14.3 Å². The summed E-state index contributed by atoms with van der Waals surface area (Å²) in [5.41, 5.74) is 0. The number of nitrogens with one attached hydrogen (secondary N) is 2. The number of morpholine rings is 1. The van der Waals surface area contributed by atoms with Crippen molar-refractivity contribution in [1.29, 1.82) is 0 Å². The van der Waals surface area contributed by atoms with Crippen LogP contribution in [0.15, 0.2) is 0 Å². The Kier molecular flexibility index (Phi) is 5.60. The molecule has 0 unspecified atom stereocenters. The summed E-state index contributed by atoms with van der Waals surface area (Å²) < 4.78 is 5.20. The van der Waals surface area contributed by atoms with Crippen molar-refractivity contribution in [3.05, 3.63) is 0 Å². The summed E-state index contributed by atoms with van der Waals surface area (Å²) in [7, 11) is 0. The van der Waals surface area contributed by atoms with E-state index in [9.17, 15) is 9.59 Å². The number of amides is 2. The van der Waals surface area contributed by atoms with E-state index in [4.69, 9.17) is 4.74 Å². The molecule has 0 bridgehead atoms. The third-order valence-corrected chi connectivity index (χ3v) is 3.71. The van der Waals surface area contributed by atoms with Crippen LogP contribution in [0.25, 0.3) is 0 Å². The lowest BCUT2D eigenvalue weighted by Gasteiger charge is -2.27. The zero-order chi connectivity index (χ0) is 13.5. The largest absolute Gasteiger partial charge is 0.378 e. The van der Waals surface area contributed by atoms with Gasteiger partial charge >= 0.3 is 0 Å². The Balaban J connectivity index is 1.62. The second kappa shape index (κ2) is 7.45. The summed E-state index contributed by atoms with van der Waals surface area (Å²) in [6, 6.07) is 0. The fourth-order valence-electron chi connectivity index (χ4n) is 2.49. The van der Waals surface area contributed by atoms with E-state index in [1.807, 2.05) is 0 Å². The van der Waals surface area contributed by atoms with E-state index in [2.05, 4.69) is 10.6 Å². The monoisotopic (exact) mass is 269 g/mol. The van der Waals surface area contributed by atoms with Crippen molar-refractivity contribution in [2.45, 2.75) is 19.3 Å². The summed E-state index contributed by atoms with van der Waals surface area (Å²) >= 11 is 0. The first kappa shape index (κ1) is 14.3. The van der Waals surface area contributed by atoms with Crippen LogP contribution in [0.3, 0.4) is 0 Å². The number of rotatable bonds is 4. The molecule has 2 aliphatic rings. The molecule has 0 aliphatic carbocycles. The molecule has 2 amide bonds. The third-order valence-electron chi connectivity index (χ3n) is 3.71. The fraction of sp³-hybridized carbons (Fsp3) is 0.846. The highest BCUT2D eigenvalue weighted by Crippen LogP contribution is 2.11. The van der Waals surface area contributed by atoms with Gasteiger partial charge in [-0.1, -0.05) is 0 Å². The molecule has 2 N–H and O–H groups in total. The maximum Gasteiger partial charge on any atom is 0.224 e.